The van der Waals surface area contributed by atoms with Gasteiger partial charge in [0.1, 0.15) is 11.6 Å². The minimum atomic E-state index is -0.796. The van der Waals surface area contributed by atoms with E-state index in [0.717, 1.165) is 17.2 Å². The predicted molar refractivity (Wildman–Crippen MR) is 133 cm³/mol. The zero-order valence-electron chi connectivity index (χ0n) is 21.1. The molecule has 3 atom stereocenters. The van der Waals surface area contributed by atoms with Gasteiger partial charge in [0.2, 0.25) is 5.91 Å². The summed E-state index contributed by atoms with van der Waals surface area (Å²) >= 11 is 0. The van der Waals surface area contributed by atoms with Crippen molar-refractivity contribution in [3.63, 3.8) is 0 Å². The van der Waals surface area contributed by atoms with E-state index in [2.05, 4.69) is 25.7 Å². The number of carbonyl (C=O) groups is 2. The van der Waals surface area contributed by atoms with Crippen molar-refractivity contribution in [2.45, 2.75) is 62.8 Å². The van der Waals surface area contributed by atoms with Crippen LogP contribution in [0, 0.1) is 17.6 Å². The first-order valence-electron chi connectivity index (χ1n) is 12.8. The van der Waals surface area contributed by atoms with E-state index >= 15 is 0 Å². The minimum Gasteiger partial charge on any atom is -0.481 e. The Kier molecular flexibility index (Phi) is 6.18. The lowest BCUT2D eigenvalue weighted by molar-refractivity contribution is -0.140. The van der Waals surface area contributed by atoms with E-state index in [1.54, 1.807) is 0 Å². The lowest BCUT2D eigenvalue weighted by atomic mass is 9.73. The Bertz CT molecular complexity index is 1180. The van der Waals surface area contributed by atoms with Crippen LogP contribution in [0.1, 0.15) is 68.6 Å². The maximum atomic E-state index is 14.8. The van der Waals surface area contributed by atoms with Gasteiger partial charge in [-0.05, 0) is 62.8 Å². The Morgan fingerprint density at radius 2 is 1.69 bits per heavy atom. The number of hydrogen-bond donors (Lipinski definition) is 1. The number of benzene rings is 2. The molecule has 36 heavy (non-hydrogen) atoms. The van der Waals surface area contributed by atoms with E-state index in [0.29, 0.717) is 51.0 Å². The van der Waals surface area contributed by atoms with E-state index in [-0.39, 0.29) is 22.8 Å². The number of carbonyl (C=O) groups excluding carboxylic acids is 1. The molecule has 5 rings (SSSR count). The normalized spacial score (nSPS) is 25.8. The molecule has 1 aliphatic carbocycles. The summed E-state index contributed by atoms with van der Waals surface area (Å²) in [7, 11) is 0. The van der Waals surface area contributed by atoms with Gasteiger partial charge in [-0.1, -0.05) is 30.3 Å². The molecule has 2 aromatic rings. The van der Waals surface area contributed by atoms with E-state index in [1.165, 1.54) is 12.1 Å². The molecule has 1 N–H and O–H groups in total. The fourth-order valence-corrected chi connectivity index (χ4v) is 6.70. The summed E-state index contributed by atoms with van der Waals surface area (Å²) in [5.41, 5.74) is 1.98. The number of fused-ring (bicyclic) bond motifs is 2. The van der Waals surface area contributed by atoms with Gasteiger partial charge in [-0.2, -0.15) is 0 Å². The molecular weight excluding hydrogens is 462 g/mol. The Morgan fingerprint density at radius 1 is 1.00 bits per heavy atom. The summed E-state index contributed by atoms with van der Waals surface area (Å²) in [5.74, 6) is -3.29. The zero-order chi connectivity index (χ0) is 25.8. The van der Waals surface area contributed by atoms with Gasteiger partial charge < -0.3 is 10.0 Å². The van der Waals surface area contributed by atoms with Crippen molar-refractivity contribution in [3.8, 4) is 0 Å². The van der Waals surface area contributed by atoms with Crippen LogP contribution in [-0.2, 0) is 15.0 Å². The van der Waals surface area contributed by atoms with Crippen LogP contribution in [0.5, 0.6) is 0 Å². The largest absolute Gasteiger partial charge is 0.481 e. The van der Waals surface area contributed by atoms with Gasteiger partial charge in [-0.15, -0.1) is 0 Å². The van der Waals surface area contributed by atoms with Crippen molar-refractivity contribution in [1.82, 2.24) is 9.80 Å². The molecule has 1 amide bonds. The number of piperidine rings is 1. The molecule has 192 valence electrons. The third kappa shape index (κ3) is 4.21. The van der Waals surface area contributed by atoms with E-state index in [9.17, 15) is 23.5 Å². The molecule has 2 fully saturated rings. The first-order valence-corrected chi connectivity index (χ1v) is 12.8. The highest BCUT2D eigenvalue weighted by molar-refractivity contribution is 5.81. The standard InChI is InChI=1S/C29H34F2N2O3/c1-28(2,3)33-16-22(20-9-8-18(30)14-25(20)31)23(17-33)26(34)32-12-10-29(11-13-32)15-21(27(35)36)19-6-4-5-7-24(19)29/h4-9,14,21-23H,10-13,15-17H2,1-3H3,(H,35,36)/t21-,22+,23-/m1/s1. The Labute approximate surface area is 211 Å². The van der Waals surface area contributed by atoms with Gasteiger partial charge in [-0.3, -0.25) is 14.5 Å². The SMILES string of the molecule is CC(C)(C)N1C[C@@H](C(=O)N2CCC3(CC2)C[C@@H](C(=O)O)c2ccccc23)[C@H](c2ccc(F)cc2F)C1. The van der Waals surface area contributed by atoms with Crippen LogP contribution < -0.4 is 0 Å². The first-order chi connectivity index (χ1) is 17.0. The van der Waals surface area contributed by atoms with E-state index in [4.69, 9.17) is 0 Å². The number of likely N-dealkylation sites (tertiary alicyclic amines) is 2. The first kappa shape index (κ1) is 24.9. The quantitative estimate of drug-likeness (QED) is 0.656. The van der Waals surface area contributed by atoms with Gasteiger partial charge >= 0.3 is 5.97 Å². The van der Waals surface area contributed by atoms with Crippen molar-refractivity contribution < 1.29 is 23.5 Å². The van der Waals surface area contributed by atoms with Gasteiger partial charge in [0.05, 0.1) is 11.8 Å². The lowest BCUT2D eigenvalue weighted by Crippen LogP contribution is -2.48. The molecular formula is C29H34F2N2O3. The predicted octanol–water partition coefficient (Wildman–Crippen LogP) is 4.91. The number of hydrogen-bond acceptors (Lipinski definition) is 3. The number of rotatable bonds is 3. The topological polar surface area (TPSA) is 60.9 Å². The molecule has 2 aromatic carbocycles. The average molecular weight is 497 g/mol. The molecule has 2 heterocycles. The number of aliphatic carboxylic acids is 1. The number of nitrogens with zero attached hydrogens (tertiary/aromatic N) is 2. The van der Waals surface area contributed by atoms with Gasteiger partial charge in [-0.25, -0.2) is 8.78 Å². The number of amides is 1. The summed E-state index contributed by atoms with van der Waals surface area (Å²) in [6, 6.07) is 11.5. The lowest BCUT2D eigenvalue weighted by Gasteiger charge is -2.41. The molecule has 3 aliphatic rings. The summed E-state index contributed by atoms with van der Waals surface area (Å²) in [4.78, 5) is 29.9. The van der Waals surface area contributed by atoms with Crippen LogP contribution >= 0.6 is 0 Å². The minimum absolute atomic E-state index is 0.00592. The van der Waals surface area contributed by atoms with Crippen LogP contribution in [0.15, 0.2) is 42.5 Å². The second-order valence-corrected chi connectivity index (χ2v) is 11.7. The second kappa shape index (κ2) is 8.94. The van der Waals surface area contributed by atoms with Crippen molar-refractivity contribution in [2.24, 2.45) is 5.92 Å². The molecule has 7 heteroatoms. The van der Waals surface area contributed by atoms with Crippen molar-refractivity contribution in [3.05, 3.63) is 70.8 Å². The number of carboxylic acids is 1. The fraction of sp³-hybridized carbons (Fsp3) is 0.517. The molecule has 0 bridgehead atoms. The number of carboxylic acid groups (broad SMARTS) is 1. The van der Waals surface area contributed by atoms with Gasteiger partial charge in [0.25, 0.3) is 0 Å². The van der Waals surface area contributed by atoms with Gasteiger partial charge in [0, 0.05) is 49.1 Å². The molecule has 5 nitrogen and oxygen atoms in total. The summed E-state index contributed by atoms with van der Waals surface area (Å²) in [6.07, 6.45) is 1.99. The highest BCUT2D eigenvalue weighted by Crippen LogP contribution is 2.52. The summed E-state index contributed by atoms with van der Waals surface area (Å²) in [5, 5.41) is 9.80. The van der Waals surface area contributed by atoms with Crippen molar-refractivity contribution >= 4 is 11.9 Å². The van der Waals surface area contributed by atoms with Crippen LogP contribution in [-0.4, -0.2) is 58.5 Å². The smallest absolute Gasteiger partial charge is 0.311 e. The summed E-state index contributed by atoms with van der Waals surface area (Å²) in [6.45, 7) is 8.40. The maximum Gasteiger partial charge on any atom is 0.311 e. The van der Waals surface area contributed by atoms with Crippen LogP contribution in [0.3, 0.4) is 0 Å². The highest BCUT2D eigenvalue weighted by Gasteiger charge is 2.50. The number of halogens is 2. The second-order valence-electron chi connectivity index (χ2n) is 11.7. The van der Waals surface area contributed by atoms with Crippen molar-refractivity contribution in [2.75, 3.05) is 26.2 Å². The zero-order valence-corrected chi connectivity index (χ0v) is 21.1. The van der Waals surface area contributed by atoms with Crippen molar-refractivity contribution in [1.29, 1.82) is 0 Å². The molecule has 0 saturated carbocycles. The van der Waals surface area contributed by atoms with E-state index < -0.39 is 29.4 Å². The third-order valence-electron chi connectivity index (χ3n) is 8.78. The molecule has 2 saturated heterocycles. The van der Waals surface area contributed by atoms with Crippen LogP contribution in [0.4, 0.5) is 8.78 Å². The summed E-state index contributed by atoms with van der Waals surface area (Å²) < 4.78 is 28.4. The molecule has 0 unspecified atom stereocenters. The highest BCUT2D eigenvalue weighted by atomic mass is 19.1. The van der Waals surface area contributed by atoms with E-state index in [1.807, 2.05) is 29.2 Å². The Morgan fingerprint density at radius 3 is 2.33 bits per heavy atom. The van der Waals surface area contributed by atoms with Crippen LogP contribution in [0.25, 0.3) is 0 Å². The molecule has 1 spiro atoms. The third-order valence-corrected chi connectivity index (χ3v) is 8.78. The molecule has 0 aromatic heterocycles. The van der Waals surface area contributed by atoms with Gasteiger partial charge in [0.15, 0.2) is 0 Å². The average Bonchev–Trinajstić information content (AvgIpc) is 3.40. The Hall–Kier alpha value is -2.80. The molecule has 2 aliphatic heterocycles. The monoisotopic (exact) mass is 496 g/mol. The maximum absolute atomic E-state index is 14.8. The fourth-order valence-electron chi connectivity index (χ4n) is 6.70. The Balaban J connectivity index is 1.37. The molecule has 0 radical (unpaired) electrons. The van der Waals surface area contributed by atoms with Crippen LogP contribution in [0.2, 0.25) is 0 Å².